The Morgan fingerprint density at radius 3 is 2.88 bits per heavy atom. The highest BCUT2D eigenvalue weighted by atomic mass is 16.5. The van der Waals surface area contributed by atoms with Crippen LogP contribution in [-0.4, -0.2) is 29.0 Å². The lowest BCUT2D eigenvalue weighted by Gasteiger charge is -2.16. The molecule has 128 valence electrons. The lowest BCUT2D eigenvalue weighted by atomic mass is 10.1. The van der Waals surface area contributed by atoms with E-state index in [-0.39, 0.29) is 12.1 Å². The summed E-state index contributed by atoms with van der Waals surface area (Å²) in [6.07, 6.45) is 4.28. The van der Waals surface area contributed by atoms with Crippen molar-refractivity contribution < 1.29 is 14.3 Å². The number of hydrogen-bond donors (Lipinski definition) is 2. The summed E-state index contributed by atoms with van der Waals surface area (Å²) in [4.78, 5) is 12.1. The van der Waals surface area contributed by atoms with Gasteiger partial charge in [0.25, 0.3) is 0 Å². The van der Waals surface area contributed by atoms with E-state index >= 15 is 0 Å². The molecule has 2 amide bonds. The Balaban J connectivity index is 1.62. The van der Waals surface area contributed by atoms with Crippen LogP contribution >= 0.6 is 0 Å². The molecular weight excluding hydrogens is 308 g/mol. The first-order valence-electron chi connectivity index (χ1n) is 8.15. The highest BCUT2D eigenvalue weighted by Gasteiger charge is 2.15. The lowest BCUT2D eigenvalue weighted by molar-refractivity contribution is 0.249. The molecule has 0 aliphatic carbocycles. The number of urea groups is 1. The molecule has 3 rings (SSSR count). The average molecular weight is 330 g/mol. The number of nitrogens with zero attached hydrogens (tertiary/aromatic N) is 2. The van der Waals surface area contributed by atoms with Crippen LogP contribution in [-0.2, 0) is 6.54 Å². The Hall–Kier alpha value is -2.70. The number of amides is 2. The molecule has 1 aliphatic rings. The van der Waals surface area contributed by atoms with Crippen LogP contribution in [0.4, 0.5) is 10.5 Å². The number of rotatable bonds is 4. The average Bonchev–Trinajstić information content (AvgIpc) is 2.89. The van der Waals surface area contributed by atoms with Gasteiger partial charge in [-0.3, -0.25) is 4.68 Å². The molecule has 1 aromatic heterocycles. The number of carbonyl (C=O) groups excluding carboxylic acids is 1. The fourth-order valence-electron chi connectivity index (χ4n) is 2.50. The van der Waals surface area contributed by atoms with Gasteiger partial charge in [0.1, 0.15) is 0 Å². The Morgan fingerprint density at radius 2 is 2.12 bits per heavy atom. The van der Waals surface area contributed by atoms with E-state index in [1.165, 1.54) is 0 Å². The second kappa shape index (κ2) is 7.25. The minimum atomic E-state index is -0.273. The van der Waals surface area contributed by atoms with E-state index in [0.29, 0.717) is 18.9 Å². The Bertz CT molecular complexity index is 714. The van der Waals surface area contributed by atoms with Crippen molar-refractivity contribution in [2.75, 3.05) is 18.5 Å². The van der Waals surface area contributed by atoms with Crippen LogP contribution < -0.4 is 20.1 Å². The van der Waals surface area contributed by atoms with Gasteiger partial charge in [0.05, 0.1) is 31.1 Å². The van der Waals surface area contributed by atoms with Crippen LogP contribution in [0, 0.1) is 0 Å². The number of anilines is 1. The summed E-state index contributed by atoms with van der Waals surface area (Å²) in [6.45, 7) is 5.97. The third-order valence-corrected chi connectivity index (χ3v) is 3.83. The number of ether oxygens (including phenoxy) is 2. The SMILES string of the molecule is CCn1cc(NC(=O)NC(C)c2ccc3c(c2)OCCCO3)cn1. The van der Waals surface area contributed by atoms with E-state index in [0.717, 1.165) is 30.0 Å². The number of aryl methyl sites for hydroxylation is 1. The maximum Gasteiger partial charge on any atom is 0.319 e. The molecule has 1 aromatic carbocycles. The van der Waals surface area contributed by atoms with Crippen molar-refractivity contribution in [3.63, 3.8) is 0 Å². The largest absolute Gasteiger partial charge is 0.490 e. The second-order valence-electron chi connectivity index (χ2n) is 5.66. The van der Waals surface area contributed by atoms with Gasteiger partial charge in [-0.2, -0.15) is 5.10 Å². The van der Waals surface area contributed by atoms with Crippen molar-refractivity contribution in [3.05, 3.63) is 36.2 Å². The summed E-state index contributed by atoms with van der Waals surface area (Å²) < 4.78 is 13.1. The molecule has 1 atom stereocenters. The molecule has 0 bridgehead atoms. The first-order valence-corrected chi connectivity index (χ1v) is 8.15. The van der Waals surface area contributed by atoms with Gasteiger partial charge >= 0.3 is 6.03 Å². The van der Waals surface area contributed by atoms with Crippen molar-refractivity contribution in [1.29, 1.82) is 0 Å². The van der Waals surface area contributed by atoms with E-state index in [4.69, 9.17) is 9.47 Å². The van der Waals surface area contributed by atoms with Gasteiger partial charge in [-0.15, -0.1) is 0 Å². The molecule has 0 spiro atoms. The van der Waals surface area contributed by atoms with Gasteiger partial charge in [-0.1, -0.05) is 6.07 Å². The van der Waals surface area contributed by atoms with Crippen molar-refractivity contribution in [3.8, 4) is 11.5 Å². The summed E-state index contributed by atoms with van der Waals surface area (Å²) in [5.74, 6) is 1.48. The topological polar surface area (TPSA) is 77.4 Å². The molecule has 2 heterocycles. The molecule has 0 saturated carbocycles. The zero-order chi connectivity index (χ0) is 16.9. The molecule has 24 heavy (non-hydrogen) atoms. The van der Waals surface area contributed by atoms with Crippen LogP contribution in [0.15, 0.2) is 30.6 Å². The molecule has 2 aromatic rings. The second-order valence-corrected chi connectivity index (χ2v) is 5.66. The Labute approximate surface area is 140 Å². The zero-order valence-electron chi connectivity index (χ0n) is 13.9. The summed E-state index contributed by atoms with van der Waals surface area (Å²) in [6, 6.07) is 5.31. The van der Waals surface area contributed by atoms with Gasteiger partial charge in [0, 0.05) is 19.2 Å². The predicted molar refractivity (Wildman–Crippen MR) is 90.5 cm³/mol. The molecule has 1 aliphatic heterocycles. The standard InChI is InChI=1S/C17H22N4O3/c1-3-21-11-14(10-18-21)20-17(22)19-12(2)13-5-6-15-16(9-13)24-8-4-7-23-15/h5-6,9-12H,3-4,7-8H2,1-2H3,(H2,19,20,22). The number of nitrogens with one attached hydrogen (secondary N) is 2. The van der Waals surface area contributed by atoms with E-state index in [1.807, 2.05) is 32.0 Å². The molecule has 1 unspecified atom stereocenters. The Kier molecular flexibility index (Phi) is 4.88. The molecular formula is C17H22N4O3. The van der Waals surface area contributed by atoms with E-state index in [1.54, 1.807) is 17.1 Å². The van der Waals surface area contributed by atoms with Gasteiger partial charge in [0.2, 0.25) is 0 Å². The summed E-state index contributed by atoms with van der Waals surface area (Å²) >= 11 is 0. The molecule has 0 radical (unpaired) electrons. The van der Waals surface area contributed by atoms with Crippen LogP contribution in [0.1, 0.15) is 31.9 Å². The maximum atomic E-state index is 12.1. The number of aromatic nitrogens is 2. The zero-order valence-corrected chi connectivity index (χ0v) is 13.9. The van der Waals surface area contributed by atoms with Crippen molar-refractivity contribution in [2.24, 2.45) is 0 Å². The highest BCUT2D eigenvalue weighted by molar-refractivity contribution is 5.89. The third kappa shape index (κ3) is 3.79. The molecule has 0 saturated heterocycles. The first-order chi connectivity index (χ1) is 11.7. The molecule has 7 nitrogen and oxygen atoms in total. The fourth-order valence-corrected chi connectivity index (χ4v) is 2.50. The van der Waals surface area contributed by atoms with Crippen LogP contribution in [0.3, 0.4) is 0 Å². The number of hydrogen-bond acceptors (Lipinski definition) is 4. The number of carbonyl (C=O) groups is 1. The quantitative estimate of drug-likeness (QED) is 0.903. The van der Waals surface area contributed by atoms with E-state index in [2.05, 4.69) is 15.7 Å². The Morgan fingerprint density at radius 1 is 1.33 bits per heavy atom. The normalized spacial score (nSPS) is 14.6. The van der Waals surface area contributed by atoms with Crippen LogP contribution in [0.5, 0.6) is 11.5 Å². The minimum absolute atomic E-state index is 0.164. The maximum absolute atomic E-state index is 12.1. The molecule has 0 fully saturated rings. The monoisotopic (exact) mass is 330 g/mol. The summed E-state index contributed by atoms with van der Waals surface area (Å²) in [5, 5.41) is 9.82. The van der Waals surface area contributed by atoms with Crippen molar-refractivity contribution >= 4 is 11.7 Å². The van der Waals surface area contributed by atoms with Crippen LogP contribution in [0.2, 0.25) is 0 Å². The van der Waals surface area contributed by atoms with Gasteiger partial charge in [-0.25, -0.2) is 4.79 Å². The minimum Gasteiger partial charge on any atom is -0.490 e. The fraction of sp³-hybridized carbons (Fsp3) is 0.412. The predicted octanol–water partition coefficient (Wildman–Crippen LogP) is 2.95. The molecule has 2 N–H and O–H groups in total. The van der Waals surface area contributed by atoms with Gasteiger partial charge < -0.3 is 20.1 Å². The molecule has 7 heteroatoms. The van der Waals surface area contributed by atoms with Crippen molar-refractivity contribution in [2.45, 2.75) is 32.9 Å². The summed E-state index contributed by atoms with van der Waals surface area (Å²) in [7, 11) is 0. The smallest absolute Gasteiger partial charge is 0.319 e. The highest BCUT2D eigenvalue weighted by Crippen LogP contribution is 2.32. The van der Waals surface area contributed by atoms with Gasteiger partial charge in [0.15, 0.2) is 11.5 Å². The third-order valence-electron chi connectivity index (χ3n) is 3.83. The van der Waals surface area contributed by atoms with Crippen LogP contribution in [0.25, 0.3) is 0 Å². The first kappa shape index (κ1) is 16.2. The lowest BCUT2D eigenvalue weighted by Crippen LogP contribution is -2.31. The van der Waals surface area contributed by atoms with Gasteiger partial charge in [-0.05, 0) is 31.5 Å². The number of fused-ring (bicyclic) bond motifs is 1. The van der Waals surface area contributed by atoms with Crippen molar-refractivity contribution in [1.82, 2.24) is 15.1 Å². The summed E-state index contributed by atoms with van der Waals surface area (Å²) in [5.41, 5.74) is 1.62. The number of benzene rings is 1. The van der Waals surface area contributed by atoms with E-state index in [9.17, 15) is 4.79 Å². The van der Waals surface area contributed by atoms with E-state index < -0.39 is 0 Å².